The minimum Gasteiger partial charge on any atom is -0.390 e. The van der Waals surface area contributed by atoms with Gasteiger partial charge in [0, 0.05) is 18.4 Å². The van der Waals surface area contributed by atoms with Gasteiger partial charge in [0.2, 0.25) is 0 Å². The first-order chi connectivity index (χ1) is 14.7. The van der Waals surface area contributed by atoms with Gasteiger partial charge in [-0.2, -0.15) is 0 Å². The van der Waals surface area contributed by atoms with E-state index in [-0.39, 0.29) is 18.1 Å². The van der Waals surface area contributed by atoms with Gasteiger partial charge in [0.1, 0.15) is 0 Å². The first-order valence-electron chi connectivity index (χ1n) is 10.3. The molecular weight excluding hydrogens is 372 g/mol. The minimum absolute atomic E-state index is 0.0870. The van der Waals surface area contributed by atoms with Crippen LogP contribution < -0.4 is 5.32 Å². The first-order valence-corrected chi connectivity index (χ1v) is 10.3. The highest BCUT2D eigenvalue weighted by Gasteiger charge is 2.31. The number of benzene rings is 3. The van der Waals surface area contributed by atoms with Gasteiger partial charge in [-0.1, -0.05) is 83.5 Å². The molecule has 1 aliphatic rings. The molecule has 0 saturated heterocycles. The van der Waals surface area contributed by atoms with Gasteiger partial charge in [0.15, 0.2) is 6.10 Å². The van der Waals surface area contributed by atoms with Crippen LogP contribution in [0.1, 0.15) is 33.5 Å². The Morgan fingerprint density at radius 2 is 1.60 bits per heavy atom. The Hall–Kier alpha value is -3.40. The number of nitrogens with zero attached hydrogens (tertiary/aromatic N) is 1. The Morgan fingerprint density at radius 1 is 0.967 bits per heavy atom. The van der Waals surface area contributed by atoms with Crippen molar-refractivity contribution in [2.24, 2.45) is 5.16 Å². The largest absolute Gasteiger partial charge is 0.390 e. The van der Waals surface area contributed by atoms with Crippen molar-refractivity contribution in [1.29, 1.82) is 0 Å². The second-order valence-electron chi connectivity index (χ2n) is 7.80. The fourth-order valence-electron chi connectivity index (χ4n) is 3.70. The van der Waals surface area contributed by atoms with Crippen molar-refractivity contribution in [3.8, 4) is 0 Å². The molecule has 0 radical (unpaired) electrons. The summed E-state index contributed by atoms with van der Waals surface area (Å²) in [5, 5.41) is 7.52. The molecule has 4 nitrogen and oxygen atoms in total. The Kier molecular flexibility index (Phi) is 6.23. The van der Waals surface area contributed by atoms with E-state index in [0.717, 1.165) is 23.3 Å². The predicted octanol–water partition coefficient (Wildman–Crippen LogP) is 4.72. The molecule has 3 aromatic rings. The van der Waals surface area contributed by atoms with E-state index in [1.165, 1.54) is 5.56 Å². The van der Waals surface area contributed by atoms with Gasteiger partial charge >= 0.3 is 0 Å². The van der Waals surface area contributed by atoms with Crippen LogP contribution in [0.4, 0.5) is 0 Å². The van der Waals surface area contributed by atoms with Crippen molar-refractivity contribution in [2.75, 3.05) is 0 Å². The molecule has 1 heterocycles. The first kappa shape index (κ1) is 19.9. The molecule has 30 heavy (non-hydrogen) atoms. The summed E-state index contributed by atoms with van der Waals surface area (Å²) in [7, 11) is 0. The Morgan fingerprint density at radius 3 is 2.27 bits per heavy atom. The summed E-state index contributed by atoms with van der Waals surface area (Å²) in [5.74, 6) is -0.0870. The lowest BCUT2D eigenvalue weighted by molar-refractivity contribution is 0.0509. The average Bonchev–Trinajstić information content (AvgIpc) is 3.23. The van der Waals surface area contributed by atoms with E-state index in [4.69, 9.17) is 4.84 Å². The van der Waals surface area contributed by atoms with Crippen LogP contribution in [0.3, 0.4) is 0 Å². The third-order valence-electron chi connectivity index (χ3n) is 5.38. The quantitative estimate of drug-likeness (QED) is 0.626. The van der Waals surface area contributed by atoms with Crippen molar-refractivity contribution in [1.82, 2.24) is 5.32 Å². The molecular formula is C26H26N2O2. The van der Waals surface area contributed by atoms with Crippen LogP contribution in [0, 0.1) is 6.92 Å². The Labute approximate surface area is 177 Å². The zero-order valence-electron chi connectivity index (χ0n) is 17.1. The standard InChI is InChI=1S/C26H26N2O2/c1-19-12-14-22(15-13-19)26(29)27-24(17-21-10-6-3-7-11-21)25-18-23(28-30-25)16-20-8-4-2-5-9-20/h2-15,24-25H,16-18H2,1H3,(H,27,29). The maximum atomic E-state index is 12.9. The summed E-state index contributed by atoms with van der Waals surface area (Å²) in [6, 6.07) is 27.9. The molecule has 2 atom stereocenters. The number of oxime groups is 1. The fourth-order valence-corrected chi connectivity index (χ4v) is 3.70. The lowest BCUT2D eigenvalue weighted by Crippen LogP contribution is -2.45. The van der Waals surface area contributed by atoms with Gasteiger partial charge in [-0.25, -0.2) is 0 Å². The van der Waals surface area contributed by atoms with Gasteiger partial charge in [-0.3, -0.25) is 4.79 Å². The maximum Gasteiger partial charge on any atom is 0.251 e. The van der Waals surface area contributed by atoms with Gasteiger partial charge in [0.05, 0.1) is 11.8 Å². The molecule has 0 bridgehead atoms. The van der Waals surface area contributed by atoms with Gasteiger partial charge in [-0.05, 0) is 36.6 Å². The SMILES string of the molecule is Cc1ccc(C(=O)NC(Cc2ccccc2)C2CC(Cc3ccccc3)=NO2)cc1. The second-order valence-corrected chi connectivity index (χ2v) is 7.80. The highest BCUT2D eigenvalue weighted by molar-refractivity contribution is 5.94. The lowest BCUT2D eigenvalue weighted by atomic mass is 9.95. The molecule has 0 fully saturated rings. The van der Waals surface area contributed by atoms with E-state index < -0.39 is 0 Å². The number of aryl methyl sites for hydroxylation is 1. The molecule has 1 amide bonds. The molecule has 1 N–H and O–H groups in total. The van der Waals surface area contributed by atoms with Crippen molar-refractivity contribution in [3.63, 3.8) is 0 Å². The highest BCUT2D eigenvalue weighted by Crippen LogP contribution is 2.20. The van der Waals surface area contributed by atoms with Crippen molar-refractivity contribution in [2.45, 2.75) is 38.3 Å². The van der Waals surface area contributed by atoms with E-state index in [9.17, 15) is 4.79 Å². The van der Waals surface area contributed by atoms with Crippen LogP contribution in [0.2, 0.25) is 0 Å². The van der Waals surface area contributed by atoms with Crippen LogP contribution in [-0.4, -0.2) is 23.8 Å². The Balaban J connectivity index is 1.46. The molecule has 3 aromatic carbocycles. The molecule has 2 unspecified atom stereocenters. The van der Waals surface area contributed by atoms with E-state index in [1.807, 2.05) is 67.6 Å². The number of nitrogens with one attached hydrogen (secondary N) is 1. The normalized spacial score (nSPS) is 16.4. The third kappa shape index (κ3) is 5.15. The summed E-state index contributed by atoms with van der Waals surface area (Å²) in [6.45, 7) is 2.01. The van der Waals surface area contributed by atoms with Crippen molar-refractivity contribution >= 4 is 11.6 Å². The number of carbonyl (C=O) groups is 1. The number of hydrogen-bond acceptors (Lipinski definition) is 3. The number of carbonyl (C=O) groups excluding carboxylic acids is 1. The highest BCUT2D eigenvalue weighted by atomic mass is 16.6. The van der Waals surface area contributed by atoms with E-state index in [2.05, 4.69) is 34.7 Å². The maximum absolute atomic E-state index is 12.9. The number of amides is 1. The second kappa shape index (κ2) is 9.40. The topological polar surface area (TPSA) is 50.7 Å². The molecule has 1 aliphatic heterocycles. The van der Waals surface area contributed by atoms with Crippen LogP contribution in [0.5, 0.6) is 0 Å². The molecule has 4 heteroatoms. The van der Waals surface area contributed by atoms with Gasteiger partial charge < -0.3 is 10.2 Å². The van der Waals surface area contributed by atoms with E-state index >= 15 is 0 Å². The summed E-state index contributed by atoms with van der Waals surface area (Å²) in [4.78, 5) is 18.7. The van der Waals surface area contributed by atoms with Crippen molar-refractivity contribution < 1.29 is 9.63 Å². The minimum atomic E-state index is -0.182. The van der Waals surface area contributed by atoms with Gasteiger partial charge in [-0.15, -0.1) is 0 Å². The summed E-state index contributed by atoms with van der Waals surface area (Å²) >= 11 is 0. The molecule has 0 spiro atoms. The smallest absolute Gasteiger partial charge is 0.251 e. The van der Waals surface area contributed by atoms with Crippen LogP contribution in [0.15, 0.2) is 90.1 Å². The van der Waals surface area contributed by atoms with Crippen LogP contribution in [-0.2, 0) is 17.7 Å². The zero-order chi connectivity index (χ0) is 20.8. The van der Waals surface area contributed by atoms with Gasteiger partial charge in [0.25, 0.3) is 5.91 Å². The molecule has 0 aliphatic carbocycles. The third-order valence-corrected chi connectivity index (χ3v) is 5.38. The van der Waals surface area contributed by atoms with Crippen LogP contribution in [0.25, 0.3) is 0 Å². The number of hydrogen-bond donors (Lipinski definition) is 1. The number of rotatable bonds is 7. The summed E-state index contributed by atoms with van der Waals surface area (Å²) in [6.07, 6.45) is 1.98. The average molecular weight is 399 g/mol. The fraction of sp³-hybridized carbons (Fsp3) is 0.231. The van der Waals surface area contributed by atoms with E-state index in [0.29, 0.717) is 18.4 Å². The molecule has 0 aromatic heterocycles. The molecule has 4 rings (SSSR count). The molecule has 0 saturated carbocycles. The zero-order valence-corrected chi connectivity index (χ0v) is 17.1. The lowest BCUT2D eigenvalue weighted by Gasteiger charge is -2.23. The van der Waals surface area contributed by atoms with Crippen LogP contribution >= 0.6 is 0 Å². The predicted molar refractivity (Wildman–Crippen MR) is 120 cm³/mol. The monoisotopic (exact) mass is 398 g/mol. The summed E-state index contributed by atoms with van der Waals surface area (Å²) < 4.78 is 0. The molecule has 152 valence electrons. The van der Waals surface area contributed by atoms with E-state index in [1.54, 1.807) is 0 Å². The summed E-state index contributed by atoms with van der Waals surface area (Å²) in [5.41, 5.74) is 5.16. The Bertz CT molecular complexity index is 998. The van der Waals surface area contributed by atoms with Crippen molar-refractivity contribution in [3.05, 3.63) is 107 Å².